The number of ether oxygens (including phenoxy) is 1. The number of rotatable bonds is 6. The summed E-state index contributed by atoms with van der Waals surface area (Å²) in [6.45, 7) is 1.15. The normalized spacial score (nSPS) is 12.9. The van der Waals surface area contributed by atoms with E-state index in [-0.39, 0.29) is 27.4 Å². The first kappa shape index (κ1) is 19.6. The Morgan fingerprint density at radius 1 is 1.22 bits per heavy atom. The Morgan fingerprint density at radius 2 is 1.96 bits per heavy atom. The molecule has 0 bridgehead atoms. The molecule has 7 nitrogen and oxygen atoms in total. The molecule has 0 aliphatic heterocycles. The van der Waals surface area contributed by atoms with Crippen LogP contribution < -0.4 is 4.72 Å². The van der Waals surface area contributed by atoms with Gasteiger partial charge in [-0.2, -0.15) is 4.72 Å². The maximum Gasteiger partial charge on any atom is 0.324 e. The molecule has 3 aromatic rings. The summed E-state index contributed by atoms with van der Waals surface area (Å²) < 4.78 is 37.4. The minimum absolute atomic E-state index is 0.0886. The Bertz CT molecular complexity index is 1060. The molecule has 0 aliphatic rings. The Labute approximate surface area is 165 Å². The Balaban J connectivity index is 1.63. The van der Waals surface area contributed by atoms with E-state index in [1.807, 2.05) is 0 Å². The van der Waals surface area contributed by atoms with Crippen LogP contribution in [0.15, 0.2) is 51.8 Å². The lowest BCUT2D eigenvalue weighted by molar-refractivity contribution is -0.147. The van der Waals surface area contributed by atoms with Crippen LogP contribution in [-0.4, -0.2) is 25.4 Å². The average molecular weight is 429 g/mol. The van der Waals surface area contributed by atoms with E-state index in [2.05, 4.69) is 9.71 Å². The van der Waals surface area contributed by atoms with E-state index in [1.54, 1.807) is 24.3 Å². The third-order valence-electron chi connectivity index (χ3n) is 3.56. The molecule has 1 aromatic heterocycles. The smallest absolute Gasteiger partial charge is 0.324 e. The second kappa shape index (κ2) is 7.85. The lowest BCUT2D eigenvalue weighted by atomic mass is 10.3. The van der Waals surface area contributed by atoms with Crippen LogP contribution in [0.1, 0.15) is 12.8 Å². The predicted molar refractivity (Wildman–Crippen MR) is 100 cm³/mol. The van der Waals surface area contributed by atoms with Gasteiger partial charge in [-0.15, -0.1) is 0 Å². The maximum absolute atomic E-state index is 12.4. The SMILES string of the molecule is C[C@@H](NS(=O)(=O)c1ccc(Cl)c(Cl)c1)C(=O)OCc1nc2ccccc2o1. The number of nitrogens with one attached hydrogen (secondary N) is 1. The quantitative estimate of drug-likeness (QED) is 0.602. The molecule has 142 valence electrons. The van der Waals surface area contributed by atoms with Gasteiger partial charge >= 0.3 is 5.97 Å². The number of hydrogen-bond acceptors (Lipinski definition) is 6. The predicted octanol–water partition coefficient (Wildman–Crippen LogP) is 3.54. The highest BCUT2D eigenvalue weighted by Crippen LogP contribution is 2.25. The van der Waals surface area contributed by atoms with Crippen LogP contribution in [0.25, 0.3) is 11.1 Å². The van der Waals surface area contributed by atoms with E-state index in [9.17, 15) is 13.2 Å². The lowest BCUT2D eigenvalue weighted by Gasteiger charge is -2.13. The van der Waals surface area contributed by atoms with Crippen LogP contribution in [-0.2, 0) is 26.2 Å². The number of oxazole rings is 1. The molecule has 1 heterocycles. The standard InChI is InChI=1S/C17H14Cl2N2O5S/c1-10(21-27(23,24)11-6-7-12(18)13(19)8-11)17(22)25-9-16-20-14-4-2-3-5-15(14)26-16/h2-8,10,21H,9H2,1H3/t10-/m1/s1. The third-order valence-corrected chi connectivity index (χ3v) is 5.84. The van der Waals surface area contributed by atoms with Crippen LogP contribution in [0.3, 0.4) is 0 Å². The number of sulfonamides is 1. The molecule has 1 atom stereocenters. The van der Waals surface area contributed by atoms with Gasteiger partial charge in [0.25, 0.3) is 0 Å². The summed E-state index contributed by atoms with van der Waals surface area (Å²) in [4.78, 5) is 16.2. The monoisotopic (exact) mass is 428 g/mol. The summed E-state index contributed by atoms with van der Waals surface area (Å²) in [5.74, 6) is -0.565. The van der Waals surface area contributed by atoms with Crippen LogP contribution in [0, 0.1) is 0 Å². The topological polar surface area (TPSA) is 98.5 Å². The number of benzene rings is 2. The molecule has 0 fully saturated rings. The number of para-hydroxylation sites is 2. The molecule has 27 heavy (non-hydrogen) atoms. The van der Waals surface area contributed by atoms with E-state index in [1.165, 1.54) is 25.1 Å². The Kier molecular flexibility index (Phi) is 5.71. The second-order valence-corrected chi connectivity index (χ2v) is 8.13. The van der Waals surface area contributed by atoms with Crippen molar-refractivity contribution >= 4 is 50.3 Å². The van der Waals surface area contributed by atoms with E-state index < -0.39 is 22.0 Å². The van der Waals surface area contributed by atoms with Crippen LogP contribution in [0.2, 0.25) is 10.0 Å². The van der Waals surface area contributed by atoms with Gasteiger partial charge in [-0.05, 0) is 37.3 Å². The first-order valence-electron chi connectivity index (χ1n) is 7.75. The number of carbonyl (C=O) groups is 1. The number of esters is 1. The van der Waals surface area contributed by atoms with E-state index >= 15 is 0 Å². The van der Waals surface area contributed by atoms with E-state index in [0.29, 0.717) is 11.1 Å². The van der Waals surface area contributed by atoms with E-state index in [4.69, 9.17) is 32.4 Å². The van der Waals surface area contributed by atoms with Crippen LogP contribution in [0.5, 0.6) is 0 Å². The number of halogens is 2. The van der Waals surface area contributed by atoms with Gasteiger partial charge < -0.3 is 9.15 Å². The zero-order chi connectivity index (χ0) is 19.6. The molecule has 0 saturated carbocycles. The Morgan fingerprint density at radius 3 is 2.67 bits per heavy atom. The summed E-state index contributed by atoms with van der Waals surface area (Å²) in [7, 11) is -3.98. The van der Waals surface area contributed by atoms with Crippen LogP contribution in [0.4, 0.5) is 0 Å². The van der Waals surface area contributed by atoms with Gasteiger partial charge in [0.15, 0.2) is 12.2 Å². The van der Waals surface area contributed by atoms with Crippen molar-refractivity contribution in [1.29, 1.82) is 0 Å². The fourth-order valence-corrected chi connectivity index (χ4v) is 3.81. The molecule has 0 saturated heterocycles. The highest BCUT2D eigenvalue weighted by atomic mass is 35.5. The van der Waals surface area contributed by atoms with Crippen molar-refractivity contribution in [2.75, 3.05) is 0 Å². The minimum atomic E-state index is -3.98. The number of aromatic nitrogens is 1. The maximum atomic E-state index is 12.4. The van der Waals surface area contributed by atoms with Gasteiger partial charge in [0.05, 0.1) is 14.9 Å². The summed E-state index contributed by atoms with van der Waals surface area (Å²) in [6.07, 6.45) is 0. The fourth-order valence-electron chi connectivity index (χ4n) is 2.23. The zero-order valence-electron chi connectivity index (χ0n) is 14.0. The van der Waals surface area contributed by atoms with E-state index in [0.717, 1.165) is 0 Å². The minimum Gasteiger partial charge on any atom is -0.454 e. The summed E-state index contributed by atoms with van der Waals surface area (Å²) in [5, 5.41) is 0.312. The molecule has 0 amide bonds. The molecule has 0 spiro atoms. The molecule has 0 unspecified atom stereocenters. The fraction of sp³-hybridized carbons (Fsp3) is 0.176. The molecular formula is C17H14Cl2N2O5S. The van der Waals surface area contributed by atoms with Crippen molar-refractivity contribution < 1.29 is 22.4 Å². The molecule has 1 N–H and O–H groups in total. The van der Waals surface area contributed by atoms with Gasteiger partial charge in [-0.3, -0.25) is 4.79 Å². The average Bonchev–Trinajstić information content (AvgIpc) is 3.04. The number of nitrogens with zero attached hydrogens (tertiary/aromatic N) is 1. The summed E-state index contributed by atoms with van der Waals surface area (Å²) in [5.41, 5.74) is 1.20. The van der Waals surface area contributed by atoms with Gasteiger partial charge in [-0.1, -0.05) is 35.3 Å². The van der Waals surface area contributed by atoms with Crippen molar-refractivity contribution in [2.24, 2.45) is 0 Å². The second-order valence-electron chi connectivity index (χ2n) is 5.60. The largest absolute Gasteiger partial charge is 0.454 e. The zero-order valence-corrected chi connectivity index (χ0v) is 16.3. The van der Waals surface area contributed by atoms with Gasteiger partial charge in [0.2, 0.25) is 15.9 Å². The van der Waals surface area contributed by atoms with Crippen molar-refractivity contribution in [2.45, 2.75) is 24.5 Å². The number of hydrogen-bond donors (Lipinski definition) is 1. The molecule has 2 aromatic carbocycles. The van der Waals surface area contributed by atoms with Crippen molar-refractivity contribution in [3.8, 4) is 0 Å². The first-order valence-corrected chi connectivity index (χ1v) is 9.98. The summed E-state index contributed by atoms with van der Waals surface area (Å²) in [6, 6.07) is 9.81. The van der Waals surface area contributed by atoms with Crippen molar-refractivity contribution in [3.05, 3.63) is 58.4 Å². The van der Waals surface area contributed by atoms with Crippen LogP contribution >= 0.6 is 23.2 Å². The number of fused-ring (bicyclic) bond motifs is 1. The molecule has 3 rings (SSSR count). The molecular weight excluding hydrogens is 415 g/mol. The van der Waals surface area contributed by atoms with Gasteiger partial charge in [0.1, 0.15) is 11.6 Å². The third kappa shape index (κ3) is 4.59. The highest BCUT2D eigenvalue weighted by Gasteiger charge is 2.24. The Hall–Kier alpha value is -2.13. The molecule has 0 radical (unpaired) electrons. The van der Waals surface area contributed by atoms with Crippen molar-refractivity contribution in [3.63, 3.8) is 0 Å². The lowest BCUT2D eigenvalue weighted by Crippen LogP contribution is -2.39. The summed E-state index contributed by atoms with van der Waals surface area (Å²) >= 11 is 11.6. The molecule has 0 aliphatic carbocycles. The number of carbonyl (C=O) groups excluding carboxylic acids is 1. The van der Waals surface area contributed by atoms with Gasteiger partial charge in [0, 0.05) is 0 Å². The highest BCUT2D eigenvalue weighted by molar-refractivity contribution is 7.89. The molecule has 10 heteroatoms. The first-order chi connectivity index (χ1) is 12.8. The van der Waals surface area contributed by atoms with Gasteiger partial charge in [-0.25, -0.2) is 13.4 Å². The van der Waals surface area contributed by atoms with Crippen molar-refractivity contribution in [1.82, 2.24) is 9.71 Å².